The minimum atomic E-state index is 0.212. The molecule has 0 bridgehead atoms. The lowest BCUT2D eigenvalue weighted by Gasteiger charge is -2.04. The maximum atomic E-state index is 5.72. The SMILES string of the molecule is C[C@@H](N)Cc1ccc2occc2c1. The van der Waals surface area contributed by atoms with E-state index in [1.165, 1.54) is 5.56 Å². The number of furan rings is 1. The van der Waals surface area contributed by atoms with Gasteiger partial charge in [-0.15, -0.1) is 0 Å². The van der Waals surface area contributed by atoms with Crippen molar-refractivity contribution in [2.24, 2.45) is 5.73 Å². The van der Waals surface area contributed by atoms with Crippen LogP contribution in [-0.4, -0.2) is 6.04 Å². The van der Waals surface area contributed by atoms with Crippen LogP contribution in [0.5, 0.6) is 0 Å². The molecule has 0 saturated heterocycles. The molecule has 1 heterocycles. The molecule has 0 saturated carbocycles. The summed E-state index contributed by atoms with van der Waals surface area (Å²) >= 11 is 0. The molecule has 0 radical (unpaired) electrons. The molecule has 2 heteroatoms. The zero-order valence-corrected chi connectivity index (χ0v) is 7.66. The number of fused-ring (bicyclic) bond motifs is 1. The first-order valence-corrected chi connectivity index (χ1v) is 4.47. The highest BCUT2D eigenvalue weighted by molar-refractivity contribution is 5.77. The summed E-state index contributed by atoms with van der Waals surface area (Å²) in [6.45, 7) is 2.01. The maximum Gasteiger partial charge on any atom is 0.133 e. The fourth-order valence-electron chi connectivity index (χ4n) is 1.51. The van der Waals surface area contributed by atoms with Gasteiger partial charge in [0.05, 0.1) is 6.26 Å². The maximum absolute atomic E-state index is 5.72. The van der Waals surface area contributed by atoms with Gasteiger partial charge >= 0.3 is 0 Å². The van der Waals surface area contributed by atoms with Gasteiger partial charge in [-0.1, -0.05) is 6.07 Å². The van der Waals surface area contributed by atoms with Gasteiger partial charge in [0.25, 0.3) is 0 Å². The molecule has 2 N–H and O–H groups in total. The summed E-state index contributed by atoms with van der Waals surface area (Å²) in [5, 5.41) is 1.15. The van der Waals surface area contributed by atoms with Crippen LogP contribution in [0.15, 0.2) is 34.9 Å². The Morgan fingerprint density at radius 1 is 1.38 bits per heavy atom. The van der Waals surface area contributed by atoms with Crippen molar-refractivity contribution in [1.82, 2.24) is 0 Å². The van der Waals surface area contributed by atoms with E-state index in [-0.39, 0.29) is 6.04 Å². The standard InChI is InChI=1S/C11H13NO/c1-8(12)6-9-2-3-11-10(7-9)4-5-13-11/h2-5,7-8H,6,12H2,1H3/t8-/m1/s1. The smallest absolute Gasteiger partial charge is 0.133 e. The van der Waals surface area contributed by atoms with E-state index in [2.05, 4.69) is 12.1 Å². The number of nitrogens with two attached hydrogens (primary N) is 1. The first-order valence-electron chi connectivity index (χ1n) is 4.47. The Bertz CT molecular complexity index is 403. The van der Waals surface area contributed by atoms with Crippen molar-refractivity contribution >= 4 is 11.0 Å². The molecule has 0 fully saturated rings. The van der Waals surface area contributed by atoms with Crippen molar-refractivity contribution in [1.29, 1.82) is 0 Å². The van der Waals surface area contributed by atoms with Crippen LogP contribution in [0.1, 0.15) is 12.5 Å². The Hall–Kier alpha value is -1.28. The summed E-state index contributed by atoms with van der Waals surface area (Å²) in [7, 11) is 0. The second-order valence-corrected chi connectivity index (χ2v) is 3.47. The van der Waals surface area contributed by atoms with Crippen molar-refractivity contribution in [3.05, 3.63) is 36.1 Å². The van der Waals surface area contributed by atoms with E-state index in [0.717, 1.165) is 17.4 Å². The van der Waals surface area contributed by atoms with Gasteiger partial charge in [-0.2, -0.15) is 0 Å². The second kappa shape index (κ2) is 3.23. The first kappa shape index (κ1) is 8.32. The average Bonchev–Trinajstić information content (AvgIpc) is 2.49. The molecular formula is C11H13NO. The van der Waals surface area contributed by atoms with E-state index in [0.29, 0.717) is 0 Å². The summed E-state index contributed by atoms with van der Waals surface area (Å²) in [5.41, 5.74) is 7.93. The monoisotopic (exact) mass is 175 g/mol. The van der Waals surface area contributed by atoms with E-state index in [9.17, 15) is 0 Å². The van der Waals surface area contributed by atoms with E-state index in [1.54, 1.807) is 6.26 Å². The van der Waals surface area contributed by atoms with Gasteiger partial charge in [0.15, 0.2) is 0 Å². The molecule has 0 spiro atoms. The average molecular weight is 175 g/mol. The van der Waals surface area contributed by atoms with Gasteiger partial charge in [-0.25, -0.2) is 0 Å². The number of hydrogen-bond donors (Lipinski definition) is 1. The summed E-state index contributed by atoms with van der Waals surface area (Å²) in [5.74, 6) is 0. The van der Waals surface area contributed by atoms with Crippen LogP contribution >= 0.6 is 0 Å². The minimum Gasteiger partial charge on any atom is -0.464 e. The third-order valence-corrected chi connectivity index (χ3v) is 2.07. The molecule has 2 aromatic rings. The van der Waals surface area contributed by atoms with Gasteiger partial charge in [0.2, 0.25) is 0 Å². The summed E-state index contributed by atoms with van der Waals surface area (Å²) in [6.07, 6.45) is 2.63. The first-order chi connectivity index (χ1) is 6.25. The third-order valence-electron chi connectivity index (χ3n) is 2.07. The molecule has 0 aliphatic heterocycles. The molecular weight excluding hydrogens is 162 g/mol. The van der Waals surface area contributed by atoms with Crippen LogP contribution < -0.4 is 5.73 Å². The highest BCUT2D eigenvalue weighted by Gasteiger charge is 2.00. The van der Waals surface area contributed by atoms with Crippen molar-refractivity contribution < 1.29 is 4.42 Å². The molecule has 0 aliphatic rings. The Kier molecular flexibility index (Phi) is 2.07. The summed E-state index contributed by atoms with van der Waals surface area (Å²) in [6, 6.07) is 8.37. The molecule has 13 heavy (non-hydrogen) atoms. The number of rotatable bonds is 2. The van der Waals surface area contributed by atoms with Crippen LogP contribution in [-0.2, 0) is 6.42 Å². The summed E-state index contributed by atoms with van der Waals surface area (Å²) in [4.78, 5) is 0. The fourth-order valence-corrected chi connectivity index (χ4v) is 1.51. The van der Waals surface area contributed by atoms with Crippen LogP contribution in [0.2, 0.25) is 0 Å². The van der Waals surface area contributed by atoms with E-state index in [1.807, 2.05) is 19.1 Å². The predicted molar refractivity (Wildman–Crippen MR) is 53.6 cm³/mol. The van der Waals surface area contributed by atoms with Crippen molar-refractivity contribution in [3.63, 3.8) is 0 Å². The number of hydrogen-bond acceptors (Lipinski definition) is 2. The van der Waals surface area contributed by atoms with E-state index < -0.39 is 0 Å². The third kappa shape index (κ3) is 1.73. The highest BCUT2D eigenvalue weighted by Crippen LogP contribution is 2.17. The highest BCUT2D eigenvalue weighted by atomic mass is 16.3. The molecule has 68 valence electrons. The number of benzene rings is 1. The topological polar surface area (TPSA) is 39.2 Å². The van der Waals surface area contributed by atoms with Gasteiger partial charge in [0, 0.05) is 11.4 Å². The van der Waals surface area contributed by atoms with Crippen LogP contribution in [0.25, 0.3) is 11.0 Å². The van der Waals surface area contributed by atoms with Crippen molar-refractivity contribution in [2.45, 2.75) is 19.4 Å². The van der Waals surface area contributed by atoms with Gasteiger partial charge in [0.1, 0.15) is 5.58 Å². The van der Waals surface area contributed by atoms with Gasteiger partial charge in [-0.3, -0.25) is 0 Å². The van der Waals surface area contributed by atoms with Crippen LogP contribution in [0.4, 0.5) is 0 Å². The molecule has 0 amide bonds. The fraction of sp³-hybridized carbons (Fsp3) is 0.273. The van der Waals surface area contributed by atoms with Crippen molar-refractivity contribution in [2.75, 3.05) is 0 Å². The zero-order chi connectivity index (χ0) is 9.26. The molecule has 1 atom stereocenters. The normalized spacial score (nSPS) is 13.4. The summed E-state index contributed by atoms with van der Waals surface area (Å²) < 4.78 is 5.25. The molecule has 1 aromatic heterocycles. The molecule has 2 nitrogen and oxygen atoms in total. The molecule has 2 rings (SSSR count). The van der Waals surface area contributed by atoms with E-state index >= 15 is 0 Å². The molecule has 0 unspecified atom stereocenters. The van der Waals surface area contributed by atoms with Crippen LogP contribution in [0, 0.1) is 0 Å². The molecule has 0 aliphatic carbocycles. The Balaban J connectivity index is 2.37. The lowest BCUT2D eigenvalue weighted by molar-refractivity contribution is 0.615. The van der Waals surface area contributed by atoms with Gasteiger partial charge in [-0.05, 0) is 37.1 Å². The predicted octanol–water partition coefficient (Wildman–Crippen LogP) is 2.32. The second-order valence-electron chi connectivity index (χ2n) is 3.47. The zero-order valence-electron chi connectivity index (χ0n) is 7.66. The largest absolute Gasteiger partial charge is 0.464 e. The van der Waals surface area contributed by atoms with Gasteiger partial charge < -0.3 is 10.2 Å². The van der Waals surface area contributed by atoms with E-state index in [4.69, 9.17) is 10.2 Å². The Morgan fingerprint density at radius 3 is 3.00 bits per heavy atom. The Labute approximate surface area is 77.3 Å². The van der Waals surface area contributed by atoms with Crippen LogP contribution in [0.3, 0.4) is 0 Å². The van der Waals surface area contributed by atoms with Crippen molar-refractivity contribution in [3.8, 4) is 0 Å². The Morgan fingerprint density at radius 2 is 2.23 bits per heavy atom. The lowest BCUT2D eigenvalue weighted by atomic mass is 10.1. The lowest BCUT2D eigenvalue weighted by Crippen LogP contribution is -2.17. The molecule has 1 aromatic carbocycles. The quantitative estimate of drug-likeness (QED) is 0.760. The minimum absolute atomic E-state index is 0.212.